The molecule has 74 valence electrons. The lowest BCUT2D eigenvalue weighted by Crippen LogP contribution is -2.51. The monoisotopic (exact) mass is 196 g/mol. The van der Waals surface area contributed by atoms with Gasteiger partial charge in [0.05, 0.1) is 0 Å². The smallest absolute Gasteiger partial charge is 0.00408 e. The van der Waals surface area contributed by atoms with Gasteiger partial charge in [0, 0.05) is 0 Å². The Labute approximate surface area is 86.9 Å². The highest BCUT2D eigenvalue weighted by atomic mass is 32.1. The van der Waals surface area contributed by atoms with Crippen LogP contribution in [0.1, 0.15) is 45.4 Å². The molecular formula is C12H20S. The molecule has 4 rings (SSSR count). The van der Waals surface area contributed by atoms with Crippen LogP contribution in [-0.4, -0.2) is 5.75 Å². The molecule has 0 radical (unpaired) electrons. The molecule has 2 unspecified atom stereocenters. The Kier molecular flexibility index (Phi) is 1.65. The highest BCUT2D eigenvalue weighted by molar-refractivity contribution is 7.80. The highest BCUT2D eigenvalue weighted by Gasteiger charge is 2.54. The van der Waals surface area contributed by atoms with E-state index in [0.29, 0.717) is 10.8 Å². The molecule has 1 heteroatoms. The van der Waals surface area contributed by atoms with Crippen LogP contribution in [0, 0.1) is 22.7 Å². The fraction of sp³-hybridized carbons (Fsp3) is 1.00. The second-order valence-corrected chi connectivity index (χ2v) is 6.75. The van der Waals surface area contributed by atoms with E-state index in [-0.39, 0.29) is 0 Å². The summed E-state index contributed by atoms with van der Waals surface area (Å²) in [4.78, 5) is 0. The lowest BCUT2D eigenvalue weighted by molar-refractivity contribution is -0.0893. The zero-order valence-corrected chi connectivity index (χ0v) is 9.45. The van der Waals surface area contributed by atoms with Crippen molar-refractivity contribution in [3.05, 3.63) is 0 Å². The molecular weight excluding hydrogens is 176 g/mol. The third-order valence-corrected chi connectivity index (χ3v) is 5.48. The standard InChI is InChI=1S/C12H20S/c1-11-3-9-2-10(4-11)6-12(5-9,7-11)8-13/h9-10,13H,2-8H2,1H3. The zero-order valence-electron chi connectivity index (χ0n) is 8.55. The first-order valence-electron chi connectivity index (χ1n) is 5.74. The van der Waals surface area contributed by atoms with Gasteiger partial charge >= 0.3 is 0 Å². The number of hydrogen-bond donors (Lipinski definition) is 1. The van der Waals surface area contributed by atoms with Gasteiger partial charge in [-0.05, 0) is 66.9 Å². The van der Waals surface area contributed by atoms with E-state index in [9.17, 15) is 0 Å². The maximum atomic E-state index is 4.60. The molecule has 13 heavy (non-hydrogen) atoms. The molecule has 0 aliphatic heterocycles. The lowest BCUT2D eigenvalue weighted by Gasteiger charge is -2.61. The lowest BCUT2D eigenvalue weighted by atomic mass is 9.45. The summed E-state index contributed by atoms with van der Waals surface area (Å²) >= 11 is 4.60. The minimum absolute atomic E-state index is 0.669. The van der Waals surface area contributed by atoms with Crippen LogP contribution in [0.5, 0.6) is 0 Å². The summed E-state index contributed by atoms with van der Waals surface area (Å²) in [5, 5.41) is 0. The molecule has 4 aliphatic carbocycles. The van der Waals surface area contributed by atoms with E-state index in [2.05, 4.69) is 19.6 Å². The molecule has 0 spiro atoms. The Balaban J connectivity index is 1.95. The second kappa shape index (κ2) is 2.48. The fourth-order valence-corrected chi connectivity index (χ4v) is 5.48. The van der Waals surface area contributed by atoms with Crippen LogP contribution in [0.25, 0.3) is 0 Å². The van der Waals surface area contributed by atoms with Gasteiger partial charge in [-0.2, -0.15) is 12.6 Å². The molecule has 0 nitrogen and oxygen atoms in total. The predicted octanol–water partition coefficient (Wildman–Crippen LogP) is 3.52. The molecule has 0 amide bonds. The molecule has 4 aliphatic rings. The van der Waals surface area contributed by atoms with Gasteiger partial charge in [0.25, 0.3) is 0 Å². The first-order valence-corrected chi connectivity index (χ1v) is 6.37. The SMILES string of the molecule is CC12CC3CC(C1)CC(CS)(C3)C2. The maximum Gasteiger partial charge on any atom is -0.00408 e. The molecule has 4 bridgehead atoms. The van der Waals surface area contributed by atoms with E-state index >= 15 is 0 Å². The third-order valence-electron chi connectivity index (χ3n) is 4.81. The normalized spacial score (nSPS) is 58.6. The quantitative estimate of drug-likeness (QED) is 0.609. The minimum Gasteiger partial charge on any atom is -0.179 e. The summed E-state index contributed by atoms with van der Waals surface area (Å²) in [5.41, 5.74) is 1.38. The number of hydrogen-bond acceptors (Lipinski definition) is 1. The van der Waals surface area contributed by atoms with Crippen molar-refractivity contribution in [1.82, 2.24) is 0 Å². The largest absolute Gasteiger partial charge is 0.179 e. The Morgan fingerprint density at radius 3 is 2.23 bits per heavy atom. The molecule has 2 atom stereocenters. The molecule has 4 saturated carbocycles. The van der Waals surface area contributed by atoms with Crippen LogP contribution in [0.2, 0.25) is 0 Å². The first-order chi connectivity index (χ1) is 6.13. The van der Waals surface area contributed by atoms with E-state index < -0.39 is 0 Å². The summed E-state index contributed by atoms with van der Waals surface area (Å²) < 4.78 is 0. The number of rotatable bonds is 1. The Hall–Kier alpha value is 0.350. The first kappa shape index (κ1) is 8.64. The number of thiol groups is 1. The summed E-state index contributed by atoms with van der Waals surface area (Å²) in [6.07, 6.45) is 9.09. The van der Waals surface area contributed by atoms with E-state index in [0.717, 1.165) is 17.6 Å². The molecule has 0 heterocycles. The second-order valence-electron chi connectivity index (χ2n) is 6.43. The van der Waals surface area contributed by atoms with Gasteiger partial charge in [-0.15, -0.1) is 0 Å². The Morgan fingerprint density at radius 2 is 1.77 bits per heavy atom. The fourth-order valence-electron chi connectivity index (χ4n) is 5.11. The summed E-state index contributed by atoms with van der Waals surface area (Å²) in [6, 6.07) is 0. The molecule has 0 aromatic rings. The van der Waals surface area contributed by atoms with Crippen LogP contribution in [0.4, 0.5) is 0 Å². The van der Waals surface area contributed by atoms with Crippen LogP contribution in [-0.2, 0) is 0 Å². The van der Waals surface area contributed by atoms with Crippen molar-refractivity contribution in [1.29, 1.82) is 0 Å². The maximum absolute atomic E-state index is 4.60. The topological polar surface area (TPSA) is 0 Å². The van der Waals surface area contributed by atoms with Gasteiger partial charge in [0.2, 0.25) is 0 Å². The van der Waals surface area contributed by atoms with Gasteiger partial charge in [0.1, 0.15) is 0 Å². The summed E-state index contributed by atoms with van der Waals surface area (Å²) in [7, 11) is 0. The van der Waals surface area contributed by atoms with E-state index in [1.165, 1.54) is 32.1 Å². The predicted molar refractivity (Wildman–Crippen MR) is 59.1 cm³/mol. The van der Waals surface area contributed by atoms with Crippen LogP contribution < -0.4 is 0 Å². The molecule has 4 fully saturated rings. The van der Waals surface area contributed by atoms with Gasteiger partial charge < -0.3 is 0 Å². The van der Waals surface area contributed by atoms with Gasteiger partial charge in [0.15, 0.2) is 0 Å². The summed E-state index contributed by atoms with van der Waals surface area (Å²) in [5.74, 6) is 3.28. The minimum atomic E-state index is 0.669. The van der Waals surface area contributed by atoms with Gasteiger partial charge in [-0.25, -0.2) is 0 Å². The third kappa shape index (κ3) is 1.19. The van der Waals surface area contributed by atoms with E-state index in [4.69, 9.17) is 0 Å². The van der Waals surface area contributed by atoms with Crippen molar-refractivity contribution in [2.24, 2.45) is 22.7 Å². The van der Waals surface area contributed by atoms with Crippen molar-refractivity contribution in [2.45, 2.75) is 45.4 Å². The van der Waals surface area contributed by atoms with Crippen molar-refractivity contribution in [2.75, 3.05) is 5.75 Å². The summed E-state index contributed by atoms with van der Waals surface area (Å²) in [6.45, 7) is 2.53. The molecule has 0 aromatic heterocycles. The van der Waals surface area contributed by atoms with Crippen molar-refractivity contribution >= 4 is 12.6 Å². The van der Waals surface area contributed by atoms with Crippen LogP contribution in [0.3, 0.4) is 0 Å². The zero-order chi connectivity index (χ0) is 9.10. The van der Waals surface area contributed by atoms with Crippen molar-refractivity contribution in [3.63, 3.8) is 0 Å². The molecule has 0 aromatic carbocycles. The van der Waals surface area contributed by atoms with Crippen molar-refractivity contribution in [3.8, 4) is 0 Å². The van der Waals surface area contributed by atoms with Gasteiger partial charge in [-0.1, -0.05) is 6.92 Å². The van der Waals surface area contributed by atoms with E-state index in [1.54, 1.807) is 6.42 Å². The average molecular weight is 196 g/mol. The average Bonchev–Trinajstić information content (AvgIpc) is 1.99. The highest BCUT2D eigenvalue weighted by Crippen LogP contribution is 2.65. The van der Waals surface area contributed by atoms with Crippen molar-refractivity contribution < 1.29 is 0 Å². The van der Waals surface area contributed by atoms with Gasteiger partial charge in [-0.3, -0.25) is 0 Å². The van der Waals surface area contributed by atoms with Crippen LogP contribution >= 0.6 is 12.6 Å². The van der Waals surface area contributed by atoms with Crippen LogP contribution in [0.15, 0.2) is 0 Å². The van der Waals surface area contributed by atoms with E-state index in [1.807, 2.05) is 0 Å². The Morgan fingerprint density at radius 1 is 1.15 bits per heavy atom. The molecule has 0 N–H and O–H groups in total. The Bertz CT molecular complexity index is 219. The molecule has 0 saturated heterocycles.